The molecule has 3 heteroatoms. The topological polar surface area (TPSA) is 15.3 Å². The minimum atomic E-state index is 0.543. The molecule has 1 aromatic carbocycles. The first-order valence-corrected chi connectivity index (χ1v) is 8.03. The maximum Gasteiger partial charge on any atom is 0.0516 e. The number of hydrogen-bond acceptors (Lipinski definition) is 2. The molecule has 0 bridgehead atoms. The summed E-state index contributed by atoms with van der Waals surface area (Å²) in [7, 11) is 0. The number of nitrogens with zero attached hydrogens (tertiary/aromatic N) is 1. The van der Waals surface area contributed by atoms with Crippen LogP contribution in [0.2, 0.25) is 0 Å². The van der Waals surface area contributed by atoms with Crippen LogP contribution in [0, 0.1) is 12.8 Å². The van der Waals surface area contributed by atoms with E-state index in [4.69, 9.17) is 0 Å². The Labute approximate surface area is 125 Å². The maximum absolute atomic E-state index is 3.70. The maximum atomic E-state index is 3.70. The van der Waals surface area contributed by atoms with E-state index in [2.05, 4.69) is 72.0 Å². The van der Waals surface area contributed by atoms with Gasteiger partial charge in [0.15, 0.2) is 0 Å². The zero-order valence-corrected chi connectivity index (χ0v) is 14.0. The van der Waals surface area contributed by atoms with E-state index in [0.29, 0.717) is 12.1 Å². The van der Waals surface area contributed by atoms with Crippen LogP contribution in [0.3, 0.4) is 0 Å². The highest BCUT2D eigenvalue weighted by Crippen LogP contribution is 2.30. The lowest BCUT2D eigenvalue weighted by Crippen LogP contribution is -2.56. The van der Waals surface area contributed by atoms with Crippen molar-refractivity contribution in [3.63, 3.8) is 0 Å². The Morgan fingerprint density at radius 1 is 1.42 bits per heavy atom. The average molecular weight is 325 g/mol. The zero-order valence-electron chi connectivity index (χ0n) is 12.4. The number of hydrogen-bond donors (Lipinski definition) is 1. The molecule has 1 fully saturated rings. The van der Waals surface area contributed by atoms with Crippen molar-refractivity contribution in [3.05, 3.63) is 28.2 Å². The van der Waals surface area contributed by atoms with Crippen molar-refractivity contribution in [2.24, 2.45) is 5.92 Å². The van der Waals surface area contributed by atoms with Gasteiger partial charge in [0.1, 0.15) is 0 Å². The number of anilines is 1. The number of halogens is 1. The second kappa shape index (κ2) is 6.27. The van der Waals surface area contributed by atoms with Gasteiger partial charge in [-0.3, -0.25) is 0 Å². The highest BCUT2D eigenvalue weighted by atomic mass is 79.9. The minimum absolute atomic E-state index is 0.543. The number of rotatable bonds is 3. The zero-order chi connectivity index (χ0) is 14.0. The molecule has 0 aliphatic carbocycles. The second-order valence-corrected chi connectivity index (χ2v) is 7.05. The lowest BCUT2D eigenvalue weighted by atomic mass is 9.99. The van der Waals surface area contributed by atoms with Gasteiger partial charge in [0.25, 0.3) is 0 Å². The third-order valence-electron chi connectivity index (χ3n) is 3.82. The third kappa shape index (κ3) is 3.73. The first kappa shape index (κ1) is 14.9. The average Bonchev–Trinajstić information content (AvgIpc) is 2.34. The van der Waals surface area contributed by atoms with Crippen LogP contribution >= 0.6 is 15.9 Å². The van der Waals surface area contributed by atoms with Crippen molar-refractivity contribution in [2.45, 2.75) is 46.2 Å². The predicted octanol–water partition coefficient (Wildman–Crippen LogP) is 3.97. The lowest BCUT2D eigenvalue weighted by molar-refractivity contribution is 0.355. The highest BCUT2D eigenvalue weighted by molar-refractivity contribution is 9.10. The number of nitrogens with one attached hydrogen (secondary N) is 1. The summed E-state index contributed by atoms with van der Waals surface area (Å²) in [5, 5.41) is 3.68. The van der Waals surface area contributed by atoms with Gasteiger partial charge in [-0.15, -0.1) is 0 Å². The number of aryl methyl sites for hydroxylation is 1. The van der Waals surface area contributed by atoms with E-state index in [1.807, 2.05) is 0 Å². The van der Waals surface area contributed by atoms with Gasteiger partial charge in [-0.2, -0.15) is 0 Å². The Hall–Kier alpha value is -0.540. The van der Waals surface area contributed by atoms with Crippen molar-refractivity contribution >= 4 is 21.6 Å². The molecule has 0 aromatic heterocycles. The van der Waals surface area contributed by atoms with E-state index in [-0.39, 0.29) is 0 Å². The van der Waals surface area contributed by atoms with Gasteiger partial charge in [0, 0.05) is 29.6 Å². The first-order chi connectivity index (χ1) is 8.97. The van der Waals surface area contributed by atoms with Crippen LogP contribution in [-0.2, 0) is 0 Å². The summed E-state index contributed by atoms with van der Waals surface area (Å²) in [5.74, 6) is 0.744. The van der Waals surface area contributed by atoms with Crippen molar-refractivity contribution in [1.29, 1.82) is 0 Å². The summed E-state index contributed by atoms with van der Waals surface area (Å²) in [6.45, 7) is 11.2. The summed E-state index contributed by atoms with van der Waals surface area (Å²) in [6, 6.07) is 7.76. The molecule has 1 aliphatic rings. The van der Waals surface area contributed by atoms with Crippen LogP contribution in [-0.4, -0.2) is 25.2 Å². The fraction of sp³-hybridized carbons (Fsp3) is 0.625. The minimum Gasteiger partial charge on any atom is -0.365 e. The second-order valence-electron chi connectivity index (χ2n) is 6.19. The van der Waals surface area contributed by atoms with Crippen molar-refractivity contribution in [1.82, 2.24) is 5.32 Å². The van der Waals surface area contributed by atoms with E-state index in [1.165, 1.54) is 22.1 Å². The Morgan fingerprint density at radius 2 is 2.16 bits per heavy atom. The van der Waals surface area contributed by atoms with Crippen LogP contribution in [0.15, 0.2) is 22.7 Å². The van der Waals surface area contributed by atoms with E-state index in [1.54, 1.807) is 0 Å². The van der Waals surface area contributed by atoms with Gasteiger partial charge in [-0.25, -0.2) is 0 Å². The molecule has 2 nitrogen and oxygen atoms in total. The Balaban J connectivity index is 2.18. The highest BCUT2D eigenvalue weighted by Gasteiger charge is 2.26. The van der Waals surface area contributed by atoms with Crippen molar-refractivity contribution < 1.29 is 0 Å². The Bertz CT molecular complexity index is 431. The molecule has 0 spiro atoms. The molecule has 0 saturated carbocycles. The quantitative estimate of drug-likeness (QED) is 0.905. The molecule has 1 heterocycles. The van der Waals surface area contributed by atoms with Gasteiger partial charge in [-0.1, -0.05) is 19.9 Å². The molecular formula is C16H25BrN2. The van der Waals surface area contributed by atoms with Crippen LogP contribution in [0.5, 0.6) is 0 Å². The van der Waals surface area contributed by atoms with Crippen molar-refractivity contribution in [2.75, 3.05) is 18.0 Å². The summed E-state index contributed by atoms with van der Waals surface area (Å²) < 4.78 is 1.20. The van der Waals surface area contributed by atoms with Crippen molar-refractivity contribution in [3.8, 4) is 0 Å². The summed E-state index contributed by atoms with van der Waals surface area (Å²) in [4.78, 5) is 2.54. The van der Waals surface area contributed by atoms with Crippen LogP contribution in [0.4, 0.5) is 5.69 Å². The molecular weight excluding hydrogens is 300 g/mol. The first-order valence-electron chi connectivity index (χ1n) is 7.23. The molecule has 106 valence electrons. The summed E-state index contributed by atoms with van der Waals surface area (Å²) >= 11 is 3.70. The Kier molecular flexibility index (Phi) is 4.91. The van der Waals surface area contributed by atoms with E-state index in [0.717, 1.165) is 19.0 Å². The molecule has 2 rings (SSSR count). The van der Waals surface area contributed by atoms with Gasteiger partial charge in [-0.05, 0) is 59.8 Å². The fourth-order valence-electron chi connectivity index (χ4n) is 2.83. The molecule has 1 aliphatic heterocycles. The molecule has 1 aromatic rings. The van der Waals surface area contributed by atoms with Crippen LogP contribution in [0.25, 0.3) is 0 Å². The van der Waals surface area contributed by atoms with Crippen LogP contribution < -0.4 is 10.2 Å². The van der Waals surface area contributed by atoms with E-state index < -0.39 is 0 Å². The van der Waals surface area contributed by atoms with Gasteiger partial charge in [0.2, 0.25) is 0 Å². The summed E-state index contributed by atoms with van der Waals surface area (Å²) in [5.41, 5.74) is 2.66. The SMILES string of the molecule is Cc1ccc(Br)c(N2CC(CC(C)C)NCC2C)c1. The monoisotopic (exact) mass is 324 g/mol. The molecule has 19 heavy (non-hydrogen) atoms. The lowest BCUT2D eigenvalue weighted by Gasteiger charge is -2.41. The molecule has 0 amide bonds. The smallest absolute Gasteiger partial charge is 0.0516 e. The van der Waals surface area contributed by atoms with Gasteiger partial charge < -0.3 is 10.2 Å². The molecule has 2 atom stereocenters. The van der Waals surface area contributed by atoms with Gasteiger partial charge in [0.05, 0.1) is 5.69 Å². The number of piperazine rings is 1. The molecule has 1 saturated heterocycles. The fourth-order valence-corrected chi connectivity index (χ4v) is 3.31. The number of benzene rings is 1. The normalized spacial score (nSPS) is 24.0. The standard InChI is InChI=1S/C16H25BrN2/c1-11(2)7-14-10-19(13(4)9-18-14)16-8-12(3)5-6-15(16)17/h5-6,8,11,13-14,18H,7,9-10H2,1-4H3. The van der Waals surface area contributed by atoms with E-state index >= 15 is 0 Å². The third-order valence-corrected chi connectivity index (χ3v) is 4.49. The largest absolute Gasteiger partial charge is 0.365 e. The predicted molar refractivity (Wildman–Crippen MR) is 86.9 cm³/mol. The summed E-state index contributed by atoms with van der Waals surface area (Å²) in [6.07, 6.45) is 1.24. The molecule has 0 radical (unpaired) electrons. The van der Waals surface area contributed by atoms with Gasteiger partial charge >= 0.3 is 0 Å². The molecule has 1 N–H and O–H groups in total. The molecule has 2 unspecified atom stereocenters. The van der Waals surface area contributed by atoms with Crippen LogP contribution in [0.1, 0.15) is 32.8 Å². The van der Waals surface area contributed by atoms with E-state index in [9.17, 15) is 0 Å². The Morgan fingerprint density at radius 3 is 2.84 bits per heavy atom.